The molecule has 3 fully saturated rings. The third-order valence-corrected chi connectivity index (χ3v) is 24.1. The van der Waals surface area contributed by atoms with Crippen molar-refractivity contribution in [3.63, 3.8) is 0 Å². The van der Waals surface area contributed by atoms with E-state index in [2.05, 4.69) is 42.5 Å². The van der Waals surface area contributed by atoms with Crippen molar-refractivity contribution in [2.75, 3.05) is 19.8 Å². The molecule has 9 aliphatic heterocycles. The summed E-state index contributed by atoms with van der Waals surface area (Å²) < 4.78 is 57.3. The minimum atomic E-state index is -2.60. The van der Waals surface area contributed by atoms with Gasteiger partial charge in [0.15, 0.2) is 35.3 Å². The normalized spacial score (nSPS) is 29.0. The molecule has 8 amide bonds. The SMILES string of the molecule is CCCCCC[C@H](O)CCC(=O)N[C@@H]1[C@@H](Oc2c3cc4cc2Oc2ccc(cc2Cl)[C@H](O[C@H]2O[C@@H](CO)[C@H](O)[C@H](O)[C@@H]2NC(C)=O)[C@@H]2NC(=O)[C@@H](NC(=O)[C@@H]4NC(=O)[C@H]4NC(=O)[C@H](Cc5ccc(c(Cl)c5)O3)NC(=O)[C@H](N)c3ccc(O)c(c3)Oc3cc(O)cc4c3)c3ccc(O)c(c3)-c3c(O[C@H]4O[C@@H](CO)[C@H](O)[C@H](O)[C@H]4O)cc(O)cc3[C@@H](C(=O)O)NC2=O)O[C@@H](CO)[C@H](O)[C@@H]1O. The van der Waals surface area contributed by atoms with E-state index >= 15 is 24.0 Å². The van der Waals surface area contributed by atoms with Crippen LogP contribution in [0.3, 0.4) is 0 Å². The number of aromatic hydroxyl groups is 4. The van der Waals surface area contributed by atoms with E-state index in [9.17, 15) is 101 Å². The fraction of sp³-hybridized carbons (Fsp3) is 0.420. The number of hydrogen-bond donors (Lipinski definition) is 25. The molecule has 9 heterocycles. The summed E-state index contributed by atoms with van der Waals surface area (Å²) in [4.78, 5) is 138. The minimum Gasteiger partial charge on any atom is -0.508 e. The van der Waals surface area contributed by atoms with Gasteiger partial charge in [-0.05, 0) is 125 Å². The van der Waals surface area contributed by atoms with Crippen LogP contribution >= 0.6 is 23.2 Å². The smallest absolute Gasteiger partial charge is 0.330 e. The Kier molecular flexibility index (Phi) is 30.0. The van der Waals surface area contributed by atoms with Crippen molar-refractivity contribution in [3.8, 4) is 80.1 Å². The number of aliphatic hydroxyl groups excluding tert-OH is 11. The largest absolute Gasteiger partial charge is 0.508 e. The molecule has 0 radical (unpaired) electrons. The highest BCUT2D eigenvalue weighted by Gasteiger charge is 2.52. The Hall–Kier alpha value is -12.1. The topological polar surface area (TPSA) is 683 Å². The number of carboxylic acid groups (broad SMARTS) is 1. The maximum atomic E-state index is 17.0. The average molecular weight is 1900 g/mol. The maximum absolute atomic E-state index is 17.0. The number of phenols is 4. The summed E-state index contributed by atoms with van der Waals surface area (Å²) in [7, 11) is 0. The van der Waals surface area contributed by atoms with Crippen molar-refractivity contribution in [1.29, 1.82) is 0 Å². The Morgan fingerprint density at radius 3 is 1.71 bits per heavy atom. The molecule has 712 valence electrons. The molecule has 7 aromatic rings. The fourth-order valence-electron chi connectivity index (χ4n) is 16.5. The van der Waals surface area contributed by atoms with Crippen LogP contribution in [0, 0.1) is 0 Å². The van der Waals surface area contributed by atoms with E-state index in [0.717, 1.165) is 111 Å². The van der Waals surface area contributed by atoms with E-state index < -0.39 is 328 Å². The van der Waals surface area contributed by atoms with Gasteiger partial charge in [0.25, 0.3) is 0 Å². The third kappa shape index (κ3) is 21.1. The van der Waals surface area contributed by atoms with Crippen molar-refractivity contribution in [1.82, 2.24) is 42.5 Å². The van der Waals surface area contributed by atoms with Crippen LogP contribution in [-0.4, -0.2) is 265 Å². The van der Waals surface area contributed by atoms with Gasteiger partial charge in [0, 0.05) is 48.6 Å². The van der Waals surface area contributed by atoms with Crippen LogP contribution in [0.2, 0.25) is 10.0 Å². The molecule has 0 unspecified atom stereocenters. The number of amides is 8. The van der Waals surface area contributed by atoms with Gasteiger partial charge in [0.1, 0.15) is 156 Å². The van der Waals surface area contributed by atoms with E-state index in [-0.39, 0.29) is 39.8 Å². The summed E-state index contributed by atoms with van der Waals surface area (Å²) in [6.45, 7) is -0.227. The Bertz CT molecular complexity index is 5590. The lowest BCUT2D eigenvalue weighted by Gasteiger charge is -2.44. The molecule has 0 aliphatic carbocycles. The van der Waals surface area contributed by atoms with Crippen LogP contribution in [0.1, 0.15) is 134 Å². The lowest BCUT2D eigenvalue weighted by molar-refractivity contribution is -0.284. The second-order valence-corrected chi connectivity index (χ2v) is 33.7. The zero-order valence-corrected chi connectivity index (χ0v) is 72.0. The maximum Gasteiger partial charge on any atom is 0.330 e. The van der Waals surface area contributed by atoms with Gasteiger partial charge in [-0.3, -0.25) is 38.4 Å². The van der Waals surface area contributed by atoms with Gasteiger partial charge in [0.2, 0.25) is 65.6 Å². The predicted octanol–water partition coefficient (Wildman–Crippen LogP) is 0.134. The van der Waals surface area contributed by atoms with Gasteiger partial charge >= 0.3 is 5.97 Å². The molecule has 0 aromatic heterocycles. The number of carbonyl (C=O) groups is 9. The molecule has 43 nitrogen and oxygen atoms in total. The number of carboxylic acids is 1. The highest BCUT2D eigenvalue weighted by atomic mass is 35.5. The molecule has 24 atom stereocenters. The number of phenolic OH excluding ortho intramolecular Hbond substituents is 4. The fourth-order valence-corrected chi connectivity index (χ4v) is 17.0. The average Bonchev–Trinajstić information content (AvgIpc) is 0.754. The summed E-state index contributed by atoms with van der Waals surface area (Å²) in [5.41, 5.74) is 2.67. The van der Waals surface area contributed by atoms with Crippen LogP contribution in [0.5, 0.6) is 69.0 Å². The number of nitrogens with one attached hydrogen (secondary N) is 8. The van der Waals surface area contributed by atoms with Gasteiger partial charge in [0.05, 0.1) is 36.0 Å². The summed E-state index contributed by atoms with van der Waals surface area (Å²) in [5.74, 6) is -20.0. The van der Waals surface area contributed by atoms with Gasteiger partial charge in [-0.1, -0.05) is 80.1 Å². The Labute approximate surface area is 764 Å². The summed E-state index contributed by atoms with van der Waals surface area (Å²) in [6, 6.07) is 0.222. The number of benzene rings is 7. The molecule has 9 aliphatic rings. The summed E-state index contributed by atoms with van der Waals surface area (Å²) >= 11 is 14.7. The van der Waals surface area contributed by atoms with Crippen LogP contribution < -0.4 is 72.0 Å². The first-order valence-corrected chi connectivity index (χ1v) is 42.9. The van der Waals surface area contributed by atoms with Crippen LogP contribution in [0.4, 0.5) is 0 Å². The highest BCUT2D eigenvalue weighted by molar-refractivity contribution is 6.32. The van der Waals surface area contributed by atoms with E-state index in [1.165, 1.54) is 30.3 Å². The first-order chi connectivity index (χ1) is 63.4. The molecular weight excluding hydrogens is 1800 g/mol. The molecule has 7 aromatic carbocycles. The summed E-state index contributed by atoms with van der Waals surface area (Å²) in [5, 5.41) is 201. The second-order valence-electron chi connectivity index (χ2n) is 32.9. The van der Waals surface area contributed by atoms with Crippen molar-refractivity contribution < 1.29 is 167 Å². The van der Waals surface area contributed by atoms with E-state index in [4.69, 9.17) is 71.6 Å². The van der Waals surface area contributed by atoms with E-state index in [1.54, 1.807) is 0 Å². The molecule has 17 bridgehead atoms. The Balaban J connectivity index is 1.04. The molecule has 0 spiro atoms. The lowest BCUT2D eigenvalue weighted by Crippen LogP contribution is -2.65. The van der Waals surface area contributed by atoms with E-state index in [1.807, 2.05) is 6.92 Å². The third-order valence-electron chi connectivity index (χ3n) is 23.5. The van der Waals surface area contributed by atoms with Crippen LogP contribution in [-0.2, 0) is 68.5 Å². The lowest BCUT2D eigenvalue weighted by atomic mass is 9.89. The van der Waals surface area contributed by atoms with Gasteiger partial charge in [-0.2, -0.15) is 0 Å². The number of ether oxygens (including phenoxy) is 9. The quantitative estimate of drug-likeness (QED) is 0.0451. The molecule has 26 N–H and O–H groups in total. The number of hydrogen-bond acceptors (Lipinski definition) is 34. The number of rotatable bonds is 20. The molecule has 45 heteroatoms. The minimum absolute atomic E-state index is 0.0187. The Morgan fingerprint density at radius 2 is 1.08 bits per heavy atom. The number of aliphatic hydroxyl groups is 11. The van der Waals surface area contributed by atoms with Gasteiger partial charge < -0.3 is 173 Å². The zero-order valence-electron chi connectivity index (χ0n) is 70.4. The zero-order chi connectivity index (χ0) is 95.6. The van der Waals surface area contributed by atoms with Gasteiger partial charge in [-0.25, -0.2) is 4.79 Å². The number of nitrogens with two attached hydrogens (primary N) is 1. The highest BCUT2D eigenvalue weighted by Crippen LogP contribution is 2.51. The molecule has 16 rings (SSSR count). The standard InChI is InChI=1S/C88H97Cl2N9O34/c1-3-4-5-6-7-40(104)12-17-60(109)94-68-74(114)71(111)58(31-101)130-87(68)133-78-55-25-39-26-56(78)127-52-16-11-37(23-47(52)90)77(132-86-67(92-33(2)103)73(113)70(110)57(30-100)129-86)69-84(122)98-66(85(123)124)45-28-42(106)29-54(128-88-76(116)75(115)72(112)59(32-102)131-88)61(45)44-22-36(10-13-49(44)107)63(81(119)99-69)96-83(121)65(39)97-82(120)64-38-20-41(105)27-43(21-38)125-53-24-35(9-14-50(53)108)62(91)80(118)93-48(79(117)95-64)19-34-8-15-51(126-55)46(89)18-34/h8-11,13-16,18,20-29,40,48,57-59,62-77,86-88,100-102,104-108,110-116H,3-7,12,17,19,30-32,91H2,1-2H3,(H,92,103)(H,93,118)(H,94,109)(H,95,117)(H,96,121)(H,97,120)(H,98,122)(H,99,119)(H,123,124)/t40-,48-,57-,58-,59-,62+,63-,64-,65+,66-,67-,68-,69-,70-,71-,72-,73+,74+,75-,76+,77-,86+,87+,88-/m0/s1. The number of carbonyl (C=O) groups excluding carboxylic acids is 8. The number of unbranched alkanes of at least 4 members (excludes halogenated alkanes) is 3. The van der Waals surface area contributed by atoms with Crippen molar-refractivity contribution in [2.24, 2.45) is 5.73 Å². The molecular formula is C88H97Cl2N9O34. The van der Waals surface area contributed by atoms with Crippen molar-refractivity contribution >= 4 is 76.4 Å². The predicted molar refractivity (Wildman–Crippen MR) is 455 cm³/mol. The number of halogens is 2. The number of fused-ring (bicyclic) bond motifs is 14. The molecule has 0 saturated carbocycles. The van der Waals surface area contributed by atoms with Crippen LogP contribution in [0.25, 0.3) is 11.1 Å². The Morgan fingerprint density at radius 1 is 0.511 bits per heavy atom. The van der Waals surface area contributed by atoms with Gasteiger partial charge in [-0.15, -0.1) is 0 Å². The van der Waals surface area contributed by atoms with E-state index in [0.29, 0.717) is 12.8 Å². The first-order valence-electron chi connectivity index (χ1n) is 42.2. The summed E-state index contributed by atoms with van der Waals surface area (Å²) in [6.07, 6.45) is -27.6. The monoisotopic (exact) mass is 1890 g/mol. The first kappa shape index (κ1) is 96.9. The molecule has 133 heavy (non-hydrogen) atoms. The molecule has 3 saturated heterocycles. The van der Waals surface area contributed by atoms with Crippen LogP contribution in [0.15, 0.2) is 115 Å². The van der Waals surface area contributed by atoms with Crippen molar-refractivity contribution in [3.05, 3.63) is 164 Å². The van der Waals surface area contributed by atoms with Crippen molar-refractivity contribution in [2.45, 2.75) is 212 Å². The number of aliphatic carboxylic acids is 1. The second kappa shape index (κ2) is 41.2.